The van der Waals surface area contributed by atoms with Crippen molar-refractivity contribution in [2.75, 3.05) is 19.0 Å². The van der Waals surface area contributed by atoms with E-state index in [2.05, 4.69) is 10.1 Å². The van der Waals surface area contributed by atoms with Crippen molar-refractivity contribution < 1.29 is 19.1 Å². The van der Waals surface area contributed by atoms with Gasteiger partial charge in [-0.3, -0.25) is 9.59 Å². The first-order chi connectivity index (χ1) is 11.1. The fourth-order valence-corrected chi connectivity index (χ4v) is 2.01. The topological polar surface area (TPSA) is 64.6 Å². The number of rotatable bonds is 6. The van der Waals surface area contributed by atoms with Crippen molar-refractivity contribution in [3.8, 4) is 5.75 Å². The summed E-state index contributed by atoms with van der Waals surface area (Å²) in [5, 5.41) is 2.77. The molecule has 1 N–H and O–H groups in total. The second-order valence-corrected chi connectivity index (χ2v) is 5.10. The van der Waals surface area contributed by atoms with Crippen LogP contribution in [0.15, 0.2) is 48.5 Å². The molecule has 0 bridgehead atoms. The second-order valence-electron chi connectivity index (χ2n) is 5.10. The third-order valence-electron chi connectivity index (χ3n) is 3.17. The lowest BCUT2D eigenvalue weighted by Gasteiger charge is -2.08. The molecular weight excluding hydrogens is 294 g/mol. The predicted molar refractivity (Wildman–Crippen MR) is 87.5 cm³/mol. The monoisotopic (exact) mass is 313 g/mol. The maximum Gasteiger partial charge on any atom is 0.309 e. The molecule has 1 amide bonds. The Balaban J connectivity index is 1.83. The van der Waals surface area contributed by atoms with Crippen LogP contribution in [0, 0.1) is 6.92 Å². The Morgan fingerprint density at radius 2 is 1.83 bits per heavy atom. The van der Waals surface area contributed by atoms with E-state index in [0.29, 0.717) is 5.75 Å². The van der Waals surface area contributed by atoms with Gasteiger partial charge in [0, 0.05) is 5.69 Å². The zero-order valence-electron chi connectivity index (χ0n) is 13.2. The smallest absolute Gasteiger partial charge is 0.309 e. The van der Waals surface area contributed by atoms with Crippen molar-refractivity contribution in [2.45, 2.75) is 13.3 Å². The Hall–Kier alpha value is -2.82. The lowest BCUT2D eigenvalue weighted by molar-refractivity contribution is -0.139. The summed E-state index contributed by atoms with van der Waals surface area (Å²) in [4.78, 5) is 23.0. The third kappa shape index (κ3) is 5.47. The van der Waals surface area contributed by atoms with Crippen LogP contribution >= 0.6 is 0 Å². The first kappa shape index (κ1) is 16.5. The van der Waals surface area contributed by atoms with Crippen LogP contribution in [0.4, 0.5) is 5.69 Å². The minimum Gasteiger partial charge on any atom is -0.484 e. The maximum absolute atomic E-state index is 11.9. The van der Waals surface area contributed by atoms with E-state index >= 15 is 0 Å². The molecule has 2 aromatic rings. The zero-order chi connectivity index (χ0) is 16.7. The Kier molecular flexibility index (Phi) is 5.74. The lowest BCUT2D eigenvalue weighted by Crippen LogP contribution is -2.20. The van der Waals surface area contributed by atoms with Gasteiger partial charge in [-0.05, 0) is 42.3 Å². The molecule has 5 heteroatoms. The molecule has 0 saturated heterocycles. The molecule has 0 saturated carbocycles. The highest BCUT2D eigenvalue weighted by molar-refractivity contribution is 5.91. The summed E-state index contributed by atoms with van der Waals surface area (Å²) in [6, 6.07) is 14.5. The van der Waals surface area contributed by atoms with Crippen molar-refractivity contribution in [2.24, 2.45) is 0 Å². The Morgan fingerprint density at radius 3 is 2.48 bits per heavy atom. The molecule has 2 aromatic carbocycles. The van der Waals surface area contributed by atoms with Gasteiger partial charge in [0.25, 0.3) is 5.91 Å². The second kappa shape index (κ2) is 7.98. The van der Waals surface area contributed by atoms with Gasteiger partial charge in [0.05, 0.1) is 13.5 Å². The average Bonchev–Trinajstić information content (AvgIpc) is 2.54. The van der Waals surface area contributed by atoms with E-state index in [-0.39, 0.29) is 24.9 Å². The van der Waals surface area contributed by atoms with Crippen LogP contribution in [0.3, 0.4) is 0 Å². The molecule has 2 rings (SSSR count). The summed E-state index contributed by atoms with van der Waals surface area (Å²) in [5.41, 5.74) is 2.64. The zero-order valence-corrected chi connectivity index (χ0v) is 13.2. The normalized spacial score (nSPS) is 10.0. The lowest BCUT2D eigenvalue weighted by atomic mass is 10.1. The molecule has 0 fully saturated rings. The number of anilines is 1. The van der Waals surface area contributed by atoms with Gasteiger partial charge in [0.2, 0.25) is 0 Å². The summed E-state index contributed by atoms with van der Waals surface area (Å²) < 4.78 is 10.0. The van der Waals surface area contributed by atoms with Gasteiger partial charge < -0.3 is 14.8 Å². The van der Waals surface area contributed by atoms with E-state index in [0.717, 1.165) is 16.8 Å². The van der Waals surface area contributed by atoms with Crippen molar-refractivity contribution in [1.29, 1.82) is 0 Å². The summed E-state index contributed by atoms with van der Waals surface area (Å²) in [6.07, 6.45) is 0.213. The molecule has 0 aliphatic carbocycles. The fourth-order valence-electron chi connectivity index (χ4n) is 2.01. The number of carbonyl (C=O) groups excluding carboxylic acids is 2. The number of ether oxygens (including phenoxy) is 2. The van der Waals surface area contributed by atoms with Gasteiger partial charge in [0.15, 0.2) is 6.61 Å². The molecule has 0 aliphatic heterocycles. The van der Waals surface area contributed by atoms with Gasteiger partial charge in [-0.1, -0.05) is 24.3 Å². The van der Waals surface area contributed by atoms with E-state index < -0.39 is 0 Å². The molecule has 0 unspecified atom stereocenters. The standard InChI is InChI=1S/C18H19NO4/c1-13-4-3-5-15(10-13)19-17(20)12-23-16-8-6-14(7-9-16)11-18(21)22-2/h3-10H,11-12H2,1-2H3,(H,19,20). The van der Waals surface area contributed by atoms with Crippen LogP contribution < -0.4 is 10.1 Å². The number of carbonyl (C=O) groups is 2. The average molecular weight is 313 g/mol. The number of amides is 1. The first-order valence-corrected chi connectivity index (χ1v) is 7.22. The van der Waals surface area contributed by atoms with Crippen molar-refractivity contribution >= 4 is 17.6 Å². The van der Waals surface area contributed by atoms with Crippen LogP contribution in [0.5, 0.6) is 5.75 Å². The molecule has 0 atom stereocenters. The largest absolute Gasteiger partial charge is 0.484 e. The van der Waals surface area contributed by atoms with E-state index in [1.807, 2.05) is 31.2 Å². The van der Waals surface area contributed by atoms with Gasteiger partial charge in [-0.15, -0.1) is 0 Å². The molecule has 0 spiro atoms. The number of benzene rings is 2. The van der Waals surface area contributed by atoms with Crippen molar-refractivity contribution in [3.05, 3.63) is 59.7 Å². The van der Waals surface area contributed by atoms with Crippen LogP contribution in [0.1, 0.15) is 11.1 Å². The predicted octanol–water partition coefficient (Wildman–Crippen LogP) is 2.73. The van der Waals surface area contributed by atoms with Crippen LogP contribution in [0.2, 0.25) is 0 Å². The molecule has 0 heterocycles. The van der Waals surface area contributed by atoms with Gasteiger partial charge in [0.1, 0.15) is 5.75 Å². The van der Waals surface area contributed by atoms with E-state index in [1.54, 1.807) is 24.3 Å². The SMILES string of the molecule is COC(=O)Cc1ccc(OCC(=O)Nc2cccc(C)c2)cc1. The first-order valence-electron chi connectivity index (χ1n) is 7.22. The molecule has 5 nitrogen and oxygen atoms in total. The number of hydrogen-bond donors (Lipinski definition) is 1. The highest BCUT2D eigenvalue weighted by Gasteiger charge is 2.05. The van der Waals surface area contributed by atoms with Crippen LogP contribution in [-0.4, -0.2) is 25.6 Å². The minimum atomic E-state index is -0.295. The highest BCUT2D eigenvalue weighted by atomic mass is 16.5. The Morgan fingerprint density at radius 1 is 1.09 bits per heavy atom. The molecule has 0 aliphatic rings. The molecule has 120 valence electrons. The molecule has 23 heavy (non-hydrogen) atoms. The van der Waals surface area contributed by atoms with Gasteiger partial charge in [-0.2, -0.15) is 0 Å². The molecule has 0 radical (unpaired) electrons. The number of nitrogens with one attached hydrogen (secondary N) is 1. The van der Waals surface area contributed by atoms with E-state index in [1.165, 1.54) is 7.11 Å². The minimum absolute atomic E-state index is 0.0791. The van der Waals surface area contributed by atoms with Gasteiger partial charge in [-0.25, -0.2) is 0 Å². The summed E-state index contributed by atoms with van der Waals surface area (Å²) in [6.45, 7) is 1.88. The van der Waals surface area contributed by atoms with E-state index in [4.69, 9.17) is 4.74 Å². The quantitative estimate of drug-likeness (QED) is 0.833. The highest BCUT2D eigenvalue weighted by Crippen LogP contribution is 2.13. The fraction of sp³-hybridized carbons (Fsp3) is 0.222. The summed E-state index contributed by atoms with van der Waals surface area (Å²) in [7, 11) is 1.35. The van der Waals surface area contributed by atoms with Crippen molar-refractivity contribution in [3.63, 3.8) is 0 Å². The molecule has 0 aromatic heterocycles. The number of hydrogen-bond acceptors (Lipinski definition) is 4. The van der Waals surface area contributed by atoms with Crippen LogP contribution in [-0.2, 0) is 20.7 Å². The maximum atomic E-state index is 11.9. The number of methoxy groups -OCH3 is 1. The van der Waals surface area contributed by atoms with Crippen molar-refractivity contribution in [1.82, 2.24) is 0 Å². The van der Waals surface area contributed by atoms with Gasteiger partial charge >= 0.3 is 5.97 Å². The van der Waals surface area contributed by atoms with E-state index in [9.17, 15) is 9.59 Å². The number of esters is 1. The Labute approximate surface area is 135 Å². The molecular formula is C18H19NO4. The Bertz CT molecular complexity index is 680. The summed E-state index contributed by atoms with van der Waals surface area (Å²) >= 11 is 0. The summed E-state index contributed by atoms with van der Waals surface area (Å²) in [5.74, 6) is 0.0449. The number of aryl methyl sites for hydroxylation is 1. The van der Waals surface area contributed by atoms with Crippen LogP contribution in [0.25, 0.3) is 0 Å². The third-order valence-corrected chi connectivity index (χ3v) is 3.17.